The Hall–Kier alpha value is -3.53. The quantitative estimate of drug-likeness (QED) is 0.512. The molecule has 25 heavy (non-hydrogen) atoms. The summed E-state index contributed by atoms with van der Waals surface area (Å²) in [5.41, 5.74) is 4.02. The Morgan fingerprint density at radius 1 is 0.760 bits per heavy atom. The number of aromatic hydroxyl groups is 1. The van der Waals surface area contributed by atoms with Crippen LogP contribution in [0.4, 0.5) is 0 Å². The summed E-state index contributed by atoms with van der Waals surface area (Å²) in [6.07, 6.45) is 5.32. The molecule has 0 saturated heterocycles. The largest absolute Gasteiger partial charge is 0.508 e. The first kappa shape index (κ1) is 13.9. The second kappa shape index (κ2) is 5.24. The topological polar surface area (TPSA) is 43.0 Å². The fourth-order valence-electron chi connectivity index (χ4n) is 3.47. The van der Waals surface area contributed by atoms with Gasteiger partial charge in [-0.25, -0.2) is 4.98 Å². The molecule has 3 aromatic carbocycles. The summed E-state index contributed by atoms with van der Waals surface area (Å²) in [5, 5.41) is 12.7. The second-order valence-corrected chi connectivity index (χ2v) is 6.05. The van der Waals surface area contributed by atoms with Crippen LogP contribution in [0.15, 0.2) is 85.5 Å². The molecule has 0 radical (unpaired) electrons. The van der Waals surface area contributed by atoms with Gasteiger partial charge >= 0.3 is 0 Å². The Morgan fingerprint density at radius 3 is 2.04 bits per heavy atom. The summed E-state index contributed by atoms with van der Waals surface area (Å²) < 4.78 is 4.07. The van der Waals surface area contributed by atoms with Gasteiger partial charge in [-0.1, -0.05) is 36.4 Å². The average molecular weight is 325 g/mol. The number of nitrogens with zero attached hydrogens (tertiary/aromatic N) is 3. The SMILES string of the molecule is Oc1cc(-n2ccnc2)cc(-n2c3ccccc3c3ccccc32)c1. The Bertz CT molecular complexity index is 1150. The van der Waals surface area contributed by atoms with Crippen molar-refractivity contribution in [2.75, 3.05) is 0 Å². The van der Waals surface area contributed by atoms with E-state index in [0.29, 0.717) is 0 Å². The number of para-hydroxylation sites is 2. The smallest absolute Gasteiger partial charge is 0.119 e. The summed E-state index contributed by atoms with van der Waals surface area (Å²) in [6.45, 7) is 0. The number of phenolic OH excluding ortho intramolecular Hbond substituents is 1. The van der Waals surface area contributed by atoms with Crippen molar-refractivity contribution in [1.82, 2.24) is 14.1 Å². The van der Waals surface area contributed by atoms with Crippen molar-refractivity contribution in [2.24, 2.45) is 0 Å². The highest BCUT2D eigenvalue weighted by Crippen LogP contribution is 2.33. The van der Waals surface area contributed by atoms with Crippen LogP contribution in [0.25, 0.3) is 33.2 Å². The molecule has 5 rings (SSSR count). The van der Waals surface area contributed by atoms with Gasteiger partial charge in [0, 0.05) is 35.3 Å². The van der Waals surface area contributed by atoms with Crippen molar-refractivity contribution < 1.29 is 5.11 Å². The molecule has 5 aromatic rings. The fourth-order valence-corrected chi connectivity index (χ4v) is 3.47. The van der Waals surface area contributed by atoms with Crippen LogP contribution < -0.4 is 0 Å². The number of phenols is 1. The Labute approximate surface area is 144 Å². The highest BCUT2D eigenvalue weighted by Gasteiger charge is 2.12. The number of benzene rings is 3. The first-order chi connectivity index (χ1) is 12.3. The minimum absolute atomic E-state index is 0.225. The van der Waals surface area contributed by atoms with E-state index in [9.17, 15) is 5.11 Å². The Balaban J connectivity index is 1.87. The highest BCUT2D eigenvalue weighted by atomic mass is 16.3. The number of imidazole rings is 1. The van der Waals surface area contributed by atoms with Gasteiger partial charge < -0.3 is 14.2 Å². The maximum atomic E-state index is 10.3. The average Bonchev–Trinajstić information content (AvgIpc) is 3.28. The van der Waals surface area contributed by atoms with Gasteiger partial charge in [0.2, 0.25) is 0 Å². The number of aromatic nitrogens is 3. The van der Waals surface area contributed by atoms with Crippen molar-refractivity contribution in [3.63, 3.8) is 0 Å². The minimum Gasteiger partial charge on any atom is -0.508 e. The molecular formula is C21H15N3O. The van der Waals surface area contributed by atoms with E-state index in [1.165, 1.54) is 10.8 Å². The van der Waals surface area contributed by atoms with Gasteiger partial charge in [0.15, 0.2) is 0 Å². The maximum Gasteiger partial charge on any atom is 0.119 e. The Morgan fingerprint density at radius 2 is 1.40 bits per heavy atom. The summed E-state index contributed by atoms with van der Waals surface area (Å²) in [7, 11) is 0. The zero-order valence-electron chi connectivity index (χ0n) is 13.4. The van der Waals surface area contributed by atoms with Gasteiger partial charge in [-0.2, -0.15) is 0 Å². The van der Waals surface area contributed by atoms with E-state index in [1.807, 2.05) is 22.9 Å². The molecule has 0 atom stereocenters. The van der Waals surface area contributed by atoms with Crippen LogP contribution in [0.5, 0.6) is 5.75 Å². The van der Waals surface area contributed by atoms with Crippen LogP contribution in [0, 0.1) is 0 Å². The molecule has 0 amide bonds. The molecule has 120 valence electrons. The number of hydrogen-bond donors (Lipinski definition) is 1. The third kappa shape index (κ3) is 2.11. The first-order valence-corrected chi connectivity index (χ1v) is 8.12. The molecule has 1 N–H and O–H groups in total. The molecule has 0 aliphatic rings. The predicted octanol–water partition coefficient (Wildman–Crippen LogP) is 4.68. The monoisotopic (exact) mass is 325 g/mol. The van der Waals surface area contributed by atoms with Crippen molar-refractivity contribution in [3.8, 4) is 17.1 Å². The van der Waals surface area contributed by atoms with Gasteiger partial charge in [-0.15, -0.1) is 0 Å². The Kier molecular flexibility index (Phi) is 2.91. The molecule has 4 heteroatoms. The van der Waals surface area contributed by atoms with Gasteiger partial charge in [-0.3, -0.25) is 0 Å². The second-order valence-electron chi connectivity index (χ2n) is 6.05. The molecule has 0 bridgehead atoms. The zero-order chi connectivity index (χ0) is 16.8. The third-order valence-electron chi connectivity index (χ3n) is 4.53. The molecule has 4 nitrogen and oxygen atoms in total. The van der Waals surface area contributed by atoms with Crippen molar-refractivity contribution in [3.05, 3.63) is 85.5 Å². The van der Waals surface area contributed by atoms with Gasteiger partial charge in [0.05, 0.1) is 28.7 Å². The van der Waals surface area contributed by atoms with E-state index < -0.39 is 0 Å². The lowest BCUT2D eigenvalue weighted by molar-refractivity contribution is 0.475. The number of hydrogen-bond acceptors (Lipinski definition) is 2. The first-order valence-electron chi connectivity index (χ1n) is 8.12. The number of rotatable bonds is 2. The fraction of sp³-hybridized carbons (Fsp3) is 0. The molecule has 0 unspecified atom stereocenters. The molecule has 2 aromatic heterocycles. The van der Waals surface area contributed by atoms with Crippen LogP contribution in [0.1, 0.15) is 0 Å². The summed E-state index contributed by atoms with van der Waals surface area (Å²) in [4.78, 5) is 4.10. The minimum atomic E-state index is 0.225. The summed E-state index contributed by atoms with van der Waals surface area (Å²) >= 11 is 0. The third-order valence-corrected chi connectivity index (χ3v) is 4.53. The van der Waals surface area contributed by atoms with Crippen LogP contribution in [0.3, 0.4) is 0 Å². The normalized spacial score (nSPS) is 11.4. The van der Waals surface area contributed by atoms with Crippen molar-refractivity contribution in [1.29, 1.82) is 0 Å². The lowest BCUT2D eigenvalue weighted by Gasteiger charge is -2.11. The van der Waals surface area contributed by atoms with E-state index in [4.69, 9.17) is 0 Å². The van der Waals surface area contributed by atoms with Gasteiger partial charge in [0.1, 0.15) is 5.75 Å². The van der Waals surface area contributed by atoms with Gasteiger partial charge in [0.25, 0.3) is 0 Å². The predicted molar refractivity (Wildman–Crippen MR) is 99.6 cm³/mol. The van der Waals surface area contributed by atoms with E-state index in [0.717, 1.165) is 22.4 Å². The van der Waals surface area contributed by atoms with E-state index >= 15 is 0 Å². The molecule has 2 heterocycles. The van der Waals surface area contributed by atoms with Crippen LogP contribution >= 0.6 is 0 Å². The van der Waals surface area contributed by atoms with Crippen LogP contribution in [-0.2, 0) is 0 Å². The molecular weight excluding hydrogens is 310 g/mol. The van der Waals surface area contributed by atoms with Crippen molar-refractivity contribution in [2.45, 2.75) is 0 Å². The molecule has 0 aliphatic heterocycles. The molecule has 0 spiro atoms. The molecule has 0 aliphatic carbocycles. The molecule has 0 fully saturated rings. The van der Waals surface area contributed by atoms with E-state index in [2.05, 4.69) is 52.0 Å². The lowest BCUT2D eigenvalue weighted by Crippen LogP contribution is -1.97. The zero-order valence-corrected chi connectivity index (χ0v) is 13.4. The molecule has 0 saturated carbocycles. The van der Waals surface area contributed by atoms with E-state index in [-0.39, 0.29) is 5.75 Å². The van der Waals surface area contributed by atoms with Crippen LogP contribution in [-0.4, -0.2) is 19.2 Å². The standard InChI is InChI=1S/C21H15N3O/c25-17-12-15(23-10-9-22-14-23)11-16(13-17)24-20-7-3-1-5-18(20)19-6-2-4-8-21(19)24/h1-14,25H. The van der Waals surface area contributed by atoms with Crippen LogP contribution in [0.2, 0.25) is 0 Å². The van der Waals surface area contributed by atoms with E-state index in [1.54, 1.807) is 24.7 Å². The summed E-state index contributed by atoms with van der Waals surface area (Å²) in [5.74, 6) is 0.225. The highest BCUT2D eigenvalue weighted by molar-refractivity contribution is 6.09. The maximum absolute atomic E-state index is 10.3. The lowest BCUT2D eigenvalue weighted by atomic mass is 10.2. The summed E-state index contributed by atoms with van der Waals surface area (Å²) in [6, 6.07) is 22.2. The van der Waals surface area contributed by atoms with Gasteiger partial charge in [-0.05, 0) is 18.2 Å². The van der Waals surface area contributed by atoms with Crippen molar-refractivity contribution >= 4 is 21.8 Å². The number of fused-ring (bicyclic) bond motifs is 3.